The van der Waals surface area contributed by atoms with Gasteiger partial charge >= 0.3 is 0 Å². The normalized spacial score (nSPS) is 10.0. The third-order valence-corrected chi connectivity index (χ3v) is 3.17. The molecular formula is C16H18NO4+. The van der Waals surface area contributed by atoms with Gasteiger partial charge in [-0.1, -0.05) is 0 Å². The molecule has 5 nitrogen and oxygen atoms in total. The fourth-order valence-electron chi connectivity index (χ4n) is 2.16. The SMILES string of the molecule is COc1cc(C[n+]2ccccc2C=O)cc(OC)c1OC. The molecule has 0 spiro atoms. The van der Waals surface area contributed by atoms with Gasteiger partial charge in [0.25, 0.3) is 0 Å². The zero-order valence-corrected chi connectivity index (χ0v) is 12.3. The van der Waals surface area contributed by atoms with Crippen molar-refractivity contribution in [1.82, 2.24) is 0 Å². The van der Waals surface area contributed by atoms with Gasteiger partial charge in [-0.3, -0.25) is 4.79 Å². The van der Waals surface area contributed by atoms with E-state index in [0.717, 1.165) is 11.8 Å². The molecule has 0 aliphatic heterocycles. The summed E-state index contributed by atoms with van der Waals surface area (Å²) in [5.41, 5.74) is 1.55. The number of benzene rings is 1. The van der Waals surface area contributed by atoms with Gasteiger partial charge in [0.1, 0.15) is 0 Å². The second-order valence-corrected chi connectivity index (χ2v) is 4.40. The predicted molar refractivity (Wildman–Crippen MR) is 77.2 cm³/mol. The van der Waals surface area contributed by atoms with E-state index < -0.39 is 0 Å². The van der Waals surface area contributed by atoms with Gasteiger partial charge in [0.15, 0.2) is 24.2 Å². The molecule has 0 amide bonds. The summed E-state index contributed by atoms with van der Waals surface area (Å²) in [6.07, 6.45) is 2.69. The minimum atomic E-state index is 0.533. The van der Waals surface area contributed by atoms with Crippen LogP contribution in [0.25, 0.3) is 0 Å². The fourth-order valence-corrected chi connectivity index (χ4v) is 2.16. The summed E-state index contributed by atoms with van der Waals surface area (Å²) in [4.78, 5) is 11.1. The number of carbonyl (C=O) groups is 1. The van der Waals surface area contributed by atoms with Crippen LogP contribution in [0.2, 0.25) is 0 Å². The first kappa shape index (κ1) is 14.8. The Kier molecular flexibility index (Phi) is 4.77. The second-order valence-electron chi connectivity index (χ2n) is 4.40. The van der Waals surface area contributed by atoms with Crippen LogP contribution in [0.4, 0.5) is 0 Å². The van der Waals surface area contributed by atoms with Crippen LogP contribution < -0.4 is 18.8 Å². The number of hydrogen-bond donors (Lipinski definition) is 0. The van der Waals surface area contributed by atoms with Crippen LogP contribution in [0.1, 0.15) is 16.1 Å². The minimum absolute atomic E-state index is 0.533. The van der Waals surface area contributed by atoms with Crippen LogP contribution in [-0.4, -0.2) is 27.6 Å². The molecule has 0 aliphatic rings. The van der Waals surface area contributed by atoms with Gasteiger partial charge in [-0.05, 0) is 18.2 Å². The minimum Gasteiger partial charge on any atom is -0.493 e. The van der Waals surface area contributed by atoms with Crippen molar-refractivity contribution in [2.45, 2.75) is 6.54 Å². The lowest BCUT2D eigenvalue weighted by Crippen LogP contribution is -2.38. The number of rotatable bonds is 6. The second kappa shape index (κ2) is 6.74. The van der Waals surface area contributed by atoms with E-state index in [-0.39, 0.29) is 0 Å². The monoisotopic (exact) mass is 288 g/mol. The largest absolute Gasteiger partial charge is 0.493 e. The molecule has 0 N–H and O–H groups in total. The molecule has 1 heterocycles. The molecule has 0 fully saturated rings. The Bertz CT molecular complexity index is 615. The van der Waals surface area contributed by atoms with Gasteiger partial charge < -0.3 is 14.2 Å². The zero-order valence-electron chi connectivity index (χ0n) is 12.3. The van der Waals surface area contributed by atoms with E-state index in [1.54, 1.807) is 27.4 Å². The average molecular weight is 288 g/mol. The maximum absolute atomic E-state index is 11.1. The predicted octanol–water partition coefficient (Wildman–Crippen LogP) is 1.86. The first-order chi connectivity index (χ1) is 10.2. The molecule has 1 aromatic carbocycles. The molecule has 0 aliphatic carbocycles. The summed E-state index contributed by atoms with van der Waals surface area (Å²) >= 11 is 0. The van der Waals surface area contributed by atoms with Crippen molar-refractivity contribution in [3.63, 3.8) is 0 Å². The highest BCUT2D eigenvalue weighted by Gasteiger charge is 2.16. The zero-order chi connectivity index (χ0) is 15.2. The van der Waals surface area contributed by atoms with E-state index in [1.807, 2.05) is 35.0 Å². The lowest BCUT2D eigenvalue weighted by molar-refractivity contribution is -0.689. The number of carbonyl (C=O) groups excluding carboxylic acids is 1. The van der Waals surface area contributed by atoms with Crippen molar-refractivity contribution < 1.29 is 23.6 Å². The lowest BCUT2D eigenvalue weighted by Gasteiger charge is -2.13. The maximum atomic E-state index is 11.1. The summed E-state index contributed by atoms with van der Waals surface area (Å²) < 4.78 is 17.8. The van der Waals surface area contributed by atoms with Crippen molar-refractivity contribution in [2.75, 3.05) is 21.3 Å². The van der Waals surface area contributed by atoms with E-state index >= 15 is 0 Å². The third kappa shape index (κ3) is 3.13. The van der Waals surface area contributed by atoms with Crippen molar-refractivity contribution in [1.29, 1.82) is 0 Å². The molecule has 0 saturated heterocycles. The molecule has 0 bridgehead atoms. The first-order valence-corrected chi connectivity index (χ1v) is 6.46. The van der Waals surface area contributed by atoms with Crippen molar-refractivity contribution in [3.8, 4) is 17.2 Å². The van der Waals surface area contributed by atoms with Crippen LogP contribution in [0.5, 0.6) is 17.2 Å². The van der Waals surface area contributed by atoms with Gasteiger partial charge in [0, 0.05) is 17.7 Å². The van der Waals surface area contributed by atoms with Crippen LogP contribution >= 0.6 is 0 Å². The molecule has 21 heavy (non-hydrogen) atoms. The number of nitrogens with zero attached hydrogens (tertiary/aromatic N) is 1. The summed E-state index contributed by atoms with van der Waals surface area (Å²) in [5, 5.41) is 0. The Morgan fingerprint density at radius 2 is 1.71 bits per heavy atom. The fraction of sp³-hybridized carbons (Fsp3) is 0.250. The van der Waals surface area contributed by atoms with Crippen LogP contribution in [0.3, 0.4) is 0 Å². The smallest absolute Gasteiger partial charge is 0.245 e. The molecule has 2 aromatic rings. The molecule has 0 radical (unpaired) electrons. The molecular weight excluding hydrogens is 270 g/mol. The topological polar surface area (TPSA) is 48.6 Å². The van der Waals surface area contributed by atoms with Gasteiger partial charge in [0.2, 0.25) is 17.7 Å². The molecule has 0 saturated carbocycles. The molecule has 2 rings (SSSR count). The Labute approximate surface area is 123 Å². The van der Waals surface area contributed by atoms with Gasteiger partial charge in [-0.15, -0.1) is 0 Å². The molecule has 5 heteroatoms. The van der Waals surface area contributed by atoms with Gasteiger partial charge in [0.05, 0.1) is 21.3 Å². The van der Waals surface area contributed by atoms with Crippen LogP contribution in [-0.2, 0) is 6.54 Å². The molecule has 0 unspecified atom stereocenters. The van der Waals surface area contributed by atoms with Crippen molar-refractivity contribution >= 4 is 6.29 Å². The summed E-state index contributed by atoms with van der Waals surface area (Å²) in [5.74, 6) is 1.74. The van der Waals surface area contributed by atoms with Gasteiger partial charge in [-0.25, -0.2) is 0 Å². The average Bonchev–Trinajstić information content (AvgIpc) is 2.54. The summed E-state index contributed by atoms with van der Waals surface area (Å²) in [6, 6.07) is 9.22. The quantitative estimate of drug-likeness (QED) is 0.601. The summed E-state index contributed by atoms with van der Waals surface area (Å²) in [6.45, 7) is 0.533. The third-order valence-electron chi connectivity index (χ3n) is 3.17. The highest BCUT2D eigenvalue weighted by atomic mass is 16.5. The van der Waals surface area contributed by atoms with E-state index in [4.69, 9.17) is 14.2 Å². The number of pyridine rings is 1. The number of aromatic nitrogens is 1. The highest BCUT2D eigenvalue weighted by molar-refractivity contribution is 5.69. The Morgan fingerprint density at radius 3 is 2.24 bits per heavy atom. The first-order valence-electron chi connectivity index (χ1n) is 6.46. The van der Waals surface area contributed by atoms with E-state index in [2.05, 4.69) is 0 Å². The number of aldehydes is 1. The van der Waals surface area contributed by atoms with Crippen molar-refractivity contribution in [2.24, 2.45) is 0 Å². The number of methoxy groups -OCH3 is 3. The van der Waals surface area contributed by atoms with Gasteiger partial charge in [-0.2, -0.15) is 4.57 Å². The highest BCUT2D eigenvalue weighted by Crippen LogP contribution is 2.38. The van der Waals surface area contributed by atoms with E-state index in [9.17, 15) is 4.79 Å². The standard InChI is InChI=1S/C16H18NO4/c1-19-14-8-12(9-15(20-2)16(14)21-3)10-17-7-5-4-6-13(17)11-18/h4-9,11H,10H2,1-3H3/q+1. The summed E-state index contributed by atoms with van der Waals surface area (Å²) in [7, 11) is 4.72. The van der Waals surface area contributed by atoms with Crippen molar-refractivity contribution in [3.05, 3.63) is 47.8 Å². The number of ether oxygens (including phenoxy) is 3. The molecule has 0 atom stereocenters. The van der Waals surface area contributed by atoms with Crippen LogP contribution in [0, 0.1) is 0 Å². The Hall–Kier alpha value is -2.56. The Balaban J connectivity index is 2.42. The Morgan fingerprint density at radius 1 is 1.05 bits per heavy atom. The molecule has 110 valence electrons. The lowest BCUT2D eigenvalue weighted by atomic mass is 10.1. The van der Waals surface area contributed by atoms with E-state index in [1.165, 1.54) is 0 Å². The molecule has 1 aromatic heterocycles. The number of hydrogen-bond acceptors (Lipinski definition) is 4. The maximum Gasteiger partial charge on any atom is 0.245 e. The van der Waals surface area contributed by atoms with Crippen LogP contribution in [0.15, 0.2) is 36.5 Å². The van der Waals surface area contributed by atoms with E-state index in [0.29, 0.717) is 29.5 Å².